The van der Waals surface area contributed by atoms with Gasteiger partial charge in [0, 0.05) is 52.8 Å². The van der Waals surface area contributed by atoms with E-state index in [-0.39, 0.29) is 24.0 Å². The molecule has 0 spiro atoms. The second kappa shape index (κ2) is 14.7. The summed E-state index contributed by atoms with van der Waals surface area (Å²) in [4.78, 5) is 4.22. The van der Waals surface area contributed by atoms with Crippen LogP contribution in [0.3, 0.4) is 0 Å². The average Bonchev–Trinajstić information content (AvgIpc) is 3.02. The van der Waals surface area contributed by atoms with Crippen molar-refractivity contribution >= 4 is 29.9 Å². The molecular formula is C15H30IN5O2. The van der Waals surface area contributed by atoms with E-state index in [1.165, 1.54) is 0 Å². The van der Waals surface area contributed by atoms with Crippen LogP contribution in [0, 0.1) is 5.92 Å². The number of halogens is 1. The van der Waals surface area contributed by atoms with Crippen molar-refractivity contribution in [3.8, 4) is 0 Å². The Morgan fingerprint density at radius 2 is 2.13 bits per heavy atom. The minimum atomic E-state index is 0. The summed E-state index contributed by atoms with van der Waals surface area (Å²) in [7, 11) is 3.45. The highest BCUT2D eigenvalue weighted by Gasteiger charge is 2.05. The summed E-state index contributed by atoms with van der Waals surface area (Å²) in [6.45, 7) is 6.78. The zero-order valence-corrected chi connectivity index (χ0v) is 16.7. The first kappa shape index (κ1) is 22.1. The van der Waals surface area contributed by atoms with Gasteiger partial charge in [0.05, 0.1) is 13.2 Å². The molecule has 1 unspecified atom stereocenters. The second-order valence-corrected chi connectivity index (χ2v) is 5.17. The standard InChI is InChI=1S/C15H29N5O2.HI/c1-14(13-20-8-4-7-19-20)12-18-15(16-2)17-6-5-9-22-11-10-21-3;/h4,7-8,14H,5-6,9-13H2,1-3H3,(H2,16,17,18);1H. The molecular weight excluding hydrogens is 409 g/mol. The predicted octanol–water partition coefficient (Wildman–Crippen LogP) is 1.36. The van der Waals surface area contributed by atoms with Crippen molar-refractivity contribution in [2.24, 2.45) is 10.9 Å². The molecule has 0 bridgehead atoms. The summed E-state index contributed by atoms with van der Waals surface area (Å²) >= 11 is 0. The zero-order chi connectivity index (χ0) is 16.0. The Balaban J connectivity index is 0.00000484. The van der Waals surface area contributed by atoms with Crippen LogP contribution in [-0.2, 0) is 16.0 Å². The highest BCUT2D eigenvalue weighted by atomic mass is 127. The number of guanidine groups is 1. The first-order chi connectivity index (χ1) is 10.8. The number of nitrogens with zero attached hydrogens (tertiary/aromatic N) is 3. The number of aromatic nitrogens is 2. The van der Waals surface area contributed by atoms with Gasteiger partial charge in [0.2, 0.25) is 0 Å². The lowest BCUT2D eigenvalue weighted by Gasteiger charge is -2.16. The van der Waals surface area contributed by atoms with Gasteiger partial charge in [-0.1, -0.05) is 6.92 Å². The summed E-state index contributed by atoms with van der Waals surface area (Å²) < 4.78 is 12.3. The lowest BCUT2D eigenvalue weighted by atomic mass is 10.2. The van der Waals surface area contributed by atoms with Crippen molar-refractivity contribution in [3.63, 3.8) is 0 Å². The molecule has 0 aliphatic heterocycles. The maximum atomic E-state index is 5.41. The third-order valence-electron chi connectivity index (χ3n) is 3.09. The van der Waals surface area contributed by atoms with Crippen LogP contribution in [0.5, 0.6) is 0 Å². The summed E-state index contributed by atoms with van der Waals surface area (Å²) in [5.41, 5.74) is 0. The van der Waals surface area contributed by atoms with E-state index in [4.69, 9.17) is 9.47 Å². The molecule has 134 valence electrons. The lowest BCUT2D eigenvalue weighted by Crippen LogP contribution is -2.40. The van der Waals surface area contributed by atoms with Crippen molar-refractivity contribution in [1.82, 2.24) is 20.4 Å². The van der Waals surface area contributed by atoms with E-state index in [0.29, 0.717) is 19.1 Å². The fraction of sp³-hybridized carbons (Fsp3) is 0.733. The Labute approximate surface area is 156 Å². The number of rotatable bonds is 11. The predicted molar refractivity (Wildman–Crippen MR) is 103 cm³/mol. The summed E-state index contributed by atoms with van der Waals surface area (Å²) in [6, 6.07) is 1.94. The summed E-state index contributed by atoms with van der Waals surface area (Å²) in [5.74, 6) is 1.29. The smallest absolute Gasteiger partial charge is 0.190 e. The van der Waals surface area contributed by atoms with Crippen LogP contribution in [0.15, 0.2) is 23.5 Å². The molecule has 0 fully saturated rings. The van der Waals surface area contributed by atoms with Crippen LogP contribution in [0.1, 0.15) is 13.3 Å². The number of hydrogen-bond acceptors (Lipinski definition) is 4. The SMILES string of the molecule is CN=C(NCCCOCCOC)NCC(C)Cn1cccn1.I. The van der Waals surface area contributed by atoms with Crippen LogP contribution < -0.4 is 10.6 Å². The van der Waals surface area contributed by atoms with E-state index < -0.39 is 0 Å². The highest BCUT2D eigenvalue weighted by Crippen LogP contribution is 1.97. The van der Waals surface area contributed by atoms with Crippen LogP contribution in [0.4, 0.5) is 0 Å². The first-order valence-electron chi connectivity index (χ1n) is 7.75. The zero-order valence-electron chi connectivity index (χ0n) is 14.3. The number of nitrogens with one attached hydrogen (secondary N) is 2. The van der Waals surface area contributed by atoms with Gasteiger partial charge in [-0.2, -0.15) is 5.10 Å². The lowest BCUT2D eigenvalue weighted by molar-refractivity contribution is 0.0698. The van der Waals surface area contributed by atoms with Gasteiger partial charge in [-0.25, -0.2) is 0 Å². The fourth-order valence-electron chi connectivity index (χ4n) is 1.91. The van der Waals surface area contributed by atoms with Gasteiger partial charge < -0.3 is 20.1 Å². The average molecular weight is 439 g/mol. The molecule has 2 N–H and O–H groups in total. The van der Waals surface area contributed by atoms with E-state index in [1.807, 2.05) is 16.9 Å². The van der Waals surface area contributed by atoms with E-state index in [9.17, 15) is 0 Å². The third kappa shape index (κ3) is 11.3. The highest BCUT2D eigenvalue weighted by molar-refractivity contribution is 14.0. The van der Waals surface area contributed by atoms with Crippen molar-refractivity contribution in [1.29, 1.82) is 0 Å². The maximum absolute atomic E-state index is 5.41. The minimum absolute atomic E-state index is 0. The summed E-state index contributed by atoms with van der Waals surface area (Å²) in [5, 5.41) is 10.8. The quantitative estimate of drug-likeness (QED) is 0.236. The number of methoxy groups -OCH3 is 1. The van der Waals surface area contributed by atoms with Gasteiger partial charge in [0.1, 0.15) is 0 Å². The monoisotopic (exact) mass is 439 g/mol. The van der Waals surface area contributed by atoms with Crippen LogP contribution >= 0.6 is 24.0 Å². The van der Waals surface area contributed by atoms with Crippen molar-refractivity contribution in [2.45, 2.75) is 19.9 Å². The number of ether oxygens (including phenoxy) is 2. The van der Waals surface area contributed by atoms with Crippen LogP contribution in [-0.4, -0.2) is 62.8 Å². The third-order valence-corrected chi connectivity index (χ3v) is 3.09. The fourth-order valence-corrected chi connectivity index (χ4v) is 1.91. The molecule has 1 aromatic heterocycles. The van der Waals surface area contributed by atoms with Crippen LogP contribution in [0.2, 0.25) is 0 Å². The molecule has 1 rings (SSSR count). The van der Waals surface area contributed by atoms with E-state index in [1.54, 1.807) is 20.4 Å². The normalized spacial score (nSPS) is 12.6. The molecule has 0 saturated carbocycles. The molecule has 1 atom stereocenters. The Hall–Kier alpha value is -0.870. The molecule has 0 amide bonds. The molecule has 0 aliphatic carbocycles. The number of hydrogen-bond donors (Lipinski definition) is 2. The molecule has 1 heterocycles. The Kier molecular flexibility index (Phi) is 14.1. The van der Waals surface area contributed by atoms with E-state index in [2.05, 4.69) is 27.6 Å². The molecule has 1 aromatic rings. The Bertz CT molecular complexity index is 401. The minimum Gasteiger partial charge on any atom is -0.382 e. The molecule has 8 heteroatoms. The molecule has 0 radical (unpaired) electrons. The van der Waals surface area contributed by atoms with Gasteiger partial charge in [0.25, 0.3) is 0 Å². The van der Waals surface area contributed by atoms with Crippen molar-refractivity contribution in [3.05, 3.63) is 18.5 Å². The topological polar surface area (TPSA) is 72.7 Å². The van der Waals surface area contributed by atoms with Gasteiger partial charge in [-0.05, 0) is 18.4 Å². The molecule has 7 nitrogen and oxygen atoms in total. The Morgan fingerprint density at radius 3 is 2.78 bits per heavy atom. The molecule has 23 heavy (non-hydrogen) atoms. The largest absolute Gasteiger partial charge is 0.382 e. The number of aliphatic imine (C=N–C) groups is 1. The summed E-state index contributed by atoms with van der Waals surface area (Å²) in [6.07, 6.45) is 4.72. The van der Waals surface area contributed by atoms with Gasteiger partial charge in [-0.15, -0.1) is 24.0 Å². The van der Waals surface area contributed by atoms with Crippen molar-refractivity contribution < 1.29 is 9.47 Å². The molecule has 0 aliphatic rings. The van der Waals surface area contributed by atoms with E-state index >= 15 is 0 Å². The maximum Gasteiger partial charge on any atom is 0.190 e. The molecule has 0 saturated heterocycles. The van der Waals surface area contributed by atoms with Gasteiger partial charge >= 0.3 is 0 Å². The van der Waals surface area contributed by atoms with Crippen molar-refractivity contribution in [2.75, 3.05) is 47.1 Å². The van der Waals surface area contributed by atoms with Crippen LogP contribution in [0.25, 0.3) is 0 Å². The second-order valence-electron chi connectivity index (χ2n) is 5.17. The van der Waals surface area contributed by atoms with Gasteiger partial charge in [0.15, 0.2) is 5.96 Å². The first-order valence-corrected chi connectivity index (χ1v) is 7.75. The molecule has 0 aromatic carbocycles. The van der Waals surface area contributed by atoms with Gasteiger partial charge in [-0.3, -0.25) is 9.67 Å². The Morgan fingerprint density at radius 1 is 1.30 bits per heavy atom. The van der Waals surface area contributed by atoms with E-state index in [0.717, 1.165) is 38.6 Å².